The molecule has 0 saturated carbocycles. The number of hydrogen-bond donors (Lipinski definition) is 0. The maximum absolute atomic E-state index is 13.6. The summed E-state index contributed by atoms with van der Waals surface area (Å²) in [6.07, 6.45) is 0. The van der Waals surface area contributed by atoms with Gasteiger partial charge in [0.15, 0.2) is 0 Å². The van der Waals surface area contributed by atoms with E-state index < -0.39 is 0 Å². The highest BCUT2D eigenvalue weighted by Gasteiger charge is 2.28. The SMILES string of the molecule is Cc1noc2nc(-c3ccccc3)cc(C(=O)N3CCOc4ccccc43)c12. The lowest BCUT2D eigenvalue weighted by Crippen LogP contribution is -2.38. The van der Waals surface area contributed by atoms with Crippen LogP contribution in [0.2, 0.25) is 0 Å². The molecular weight excluding hydrogens is 354 g/mol. The molecule has 1 amide bonds. The zero-order valence-corrected chi connectivity index (χ0v) is 15.3. The van der Waals surface area contributed by atoms with E-state index in [4.69, 9.17) is 9.26 Å². The molecule has 0 fully saturated rings. The molecule has 2 aromatic heterocycles. The van der Waals surface area contributed by atoms with Gasteiger partial charge in [-0.3, -0.25) is 4.79 Å². The predicted octanol–water partition coefficient (Wildman–Crippen LogP) is 4.24. The van der Waals surface area contributed by atoms with Crippen molar-refractivity contribution in [2.45, 2.75) is 6.92 Å². The van der Waals surface area contributed by atoms with E-state index in [9.17, 15) is 4.79 Å². The second kappa shape index (κ2) is 6.49. The lowest BCUT2D eigenvalue weighted by molar-refractivity contribution is 0.0978. The maximum atomic E-state index is 13.6. The second-order valence-corrected chi connectivity index (χ2v) is 6.64. The number of para-hydroxylation sites is 2. The molecule has 0 unspecified atom stereocenters. The van der Waals surface area contributed by atoms with Gasteiger partial charge in [-0.2, -0.15) is 0 Å². The molecule has 2 aromatic carbocycles. The topological polar surface area (TPSA) is 68.5 Å². The molecule has 1 aliphatic heterocycles. The first-order valence-electron chi connectivity index (χ1n) is 9.08. The number of pyridine rings is 1. The largest absolute Gasteiger partial charge is 0.490 e. The minimum absolute atomic E-state index is 0.119. The van der Waals surface area contributed by atoms with E-state index in [1.165, 1.54) is 0 Å². The van der Waals surface area contributed by atoms with E-state index in [1.807, 2.05) is 67.6 Å². The Morgan fingerprint density at radius 2 is 1.86 bits per heavy atom. The summed E-state index contributed by atoms with van der Waals surface area (Å²) in [6, 6.07) is 19.1. The summed E-state index contributed by atoms with van der Waals surface area (Å²) in [7, 11) is 0. The van der Waals surface area contributed by atoms with Gasteiger partial charge in [0.25, 0.3) is 11.6 Å². The van der Waals surface area contributed by atoms with E-state index in [-0.39, 0.29) is 5.91 Å². The molecule has 0 bridgehead atoms. The average Bonchev–Trinajstić information content (AvgIpc) is 3.13. The first-order valence-corrected chi connectivity index (χ1v) is 9.08. The molecule has 6 nitrogen and oxygen atoms in total. The van der Waals surface area contributed by atoms with Crippen LogP contribution in [0.25, 0.3) is 22.4 Å². The first-order chi connectivity index (χ1) is 13.7. The molecule has 5 rings (SSSR count). The van der Waals surface area contributed by atoms with Crippen molar-refractivity contribution in [3.05, 3.63) is 71.9 Å². The van der Waals surface area contributed by atoms with Crippen LogP contribution >= 0.6 is 0 Å². The number of aromatic nitrogens is 2. The summed E-state index contributed by atoms with van der Waals surface area (Å²) in [5.41, 5.74) is 3.89. The fourth-order valence-electron chi connectivity index (χ4n) is 3.55. The molecule has 4 aromatic rings. The van der Waals surface area contributed by atoms with Gasteiger partial charge in [-0.25, -0.2) is 4.98 Å². The smallest absolute Gasteiger partial charge is 0.259 e. The van der Waals surface area contributed by atoms with Gasteiger partial charge < -0.3 is 14.2 Å². The van der Waals surface area contributed by atoms with E-state index in [0.717, 1.165) is 11.3 Å². The predicted molar refractivity (Wildman–Crippen MR) is 106 cm³/mol. The summed E-state index contributed by atoms with van der Waals surface area (Å²) in [4.78, 5) is 19.9. The Balaban J connectivity index is 1.68. The van der Waals surface area contributed by atoms with Gasteiger partial charge in [-0.1, -0.05) is 47.6 Å². The van der Waals surface area contributed by atoms with Crippen LogP contribution in [0.4, 0.5) is 5.69 Å². The van der Waals surface area contributed by atoms with Gasteiger partial charge in [-0.15, -0.1) is 0 Å². The molecular formula is C22H17N3O3. The molecule has 1 aliphatic rings. The van der Waals surface area contributed by atoms with Crippen molar-refractivity contribution < 1.29 is 14.1 Å². The summed E-state index contributed by atoms with van der Waals surface area (Å²) < 4.78 is 11.1. The second-order valence-electron chi connectivity index (χ2n) is 6.64. The van der Waals surface area contributed by atoms with Crippen LogP contribution in [0.3, 0.4) is 0 Å². The number of amides is 1. The molecule has 0 spiro atoms. The summed E-state index contributed by atoms with van der Waals surface area (Å²) in [5.74, 6) is 0.587. The molecule has 28 heavy (non-hydrogen) atoms. The number of rotatable bonds is 2. The molecule has 0 saturated heterocycles. The Morgan fingerprint density at radius 3 is 2.71 bits per heavy atom. The van der Waals surface area contributed by atoms with Gasteiger partial charge in [0.05, 0.1) is 34.6 Å². The number of nitrogens with zero attached hydrogens (tertiary/aromatic N) is 3. The first kappa shape index (κ1) is 16.5. The van der Waals surface area contributed by atoms with Gasteiger partial charge >= 0.3 is 0 Å². The summed E-state index contributed by atoms with van der Waals surface area (Å²) in [6.45, 7) is 2.75. The minimum Gasteiger partial charge on any atom is -0.490 e. The minimum atomic E-state index is -0.119. The molecule has 138 valence electrons. The molecule has 0 radical (unpaired) electrons. The Hall–Kier alpha value is -3.67. The average molecular weight is 371 g/mol. The number of fused-ring (bicyclic) bond motifs is 2. The van der Waals surface area contributed by atoms with Gasteiger partial charge in [0.1, 0.15) is 12.4 Å². The van der Waals surface area contributed by atoms with Crippen LogP contribution in [0, 0.1) is 6.92 Å². The molecule has 0 atom stereocenters. The fraction of sp³-hybridized carbons (Fsp3) is 0.136. The van der Waals surface area contributed by atoms with Crippen LogP contribution in [-0.2, 0) is 0 Å². The van der Waals surface area contributed by atoms with Crippen LogP contribution < -0.4 is 9.64 Å². The highest BCUT2D eigenvalue weighted by molar-refractivity contribution is 6.14. The van der Waals surface area contributed by atoms with Crippen LogP contribution in [0.15, 0.2) is 65.2 Å². The van der Waals surface area contributed by atoms with Gasteiger partial charge in [0, 0.05) is 5.56 Å². The van der Waals surface area contributed by atoms with Crippen molar-refractivity contribution in [1.29, 1.82) is 0 Å². The van der Waals surface area contributed by atoms with Crippen molar-refractivity contribution in [3.63, 3.8) is 0 Å². The number of aryl methyl sites for hydroxylation is 1. The number of carbonyl (C=O) groups is 1. The number of ether oxygens (including phenoxy) is 1. The van der Waals surface area contributed by atoms with Crippen molar-refractivity contribution in [3.8, 4) is 17.0 Å². The quantitative estimate of drug-likeness (QED) is 0.527. The Morgan fingerprint density at radius 1 is 1.07 bits per heavy atom. The van der Waals surface area contributed by atoms with Gasteiger partial charge in [0.2, 0.25) is 0 Å². The Bertz CT molecular complexity index is 1180. The highest BCUT2D eigenvalue weighted by Crippen LogP contribution is 2.34. The van der Waals surface area contributed by atoms with Crippen molar-refractivity contribution in [2.75, 3.05) is 18.1 Å². The van der Waals surface area contributed by atoms with Crippen LogP contribution in [0.5, 0.6) is 5.75 Å². The van der Waals surface area contributed by atoms with E-state index in [0.29, 0.717) is 47.0 Å². The van der Waals surface area contributed by atoms with E-state index in [2.05, 4.69) is 10.1 Å². The monoisotopic (exact) mass is 371 g/mol. The Labute approximate surface area is 161 Å². The lowest BCUT2D eigenvalue weighted by atomic mass is 10.0. The lowest BCUT2D eigenvalue weighted by Gasteiger charge is -2.29. The third kappa shape index (κ3) is 2.62. The molecule has 3 heterocycles. The van der Waals surface area contributed by atoms with Crippen molar-refractivity contribution in [2.24, 2.45) is 0 Å². The number of anilines is 1. The van der Waals surface area contributed by atoms with E-state index in [1.54, 1.807) is 4.90 Å². The van der Waals surface area contributed by atoms with E-state index >= 15 is 0 Å². The summed E-state index contributed by atoms with van der Waals surface area (Å²) >= 11 is 0. The van der Waals surface area contributed by atoms with Crippen molar-refractivity contribution >= 4 is 22.7 Å². The molecule has 6 heteroatoms. The third-order valence-electron chi connectivity index (χ3n) is 4.89. The highest BCUT2D eigenvalue weighted by atomic mass is 16.5. The zero-order valence-electron chi connectivity index (χ0n) is 15.3. The zero-order chi connectivity index (χ0) is 19.1. The van der Waals surface area contributed by atoms with Crippen LogP contribution in [-0.4, -0.2) is 29.2 Å². The number of hydrogen-bond acceptors (Lipinski definition) is 5. The fourth-order valence-corrected chi connectivity index (χ4v) is 3.55. The standard InChI is InChI=1S/C22H17N3O3/c1-14-20-16(22(26)25-11-12-27-19-10-6-5-9-18(19)25)13-17(23-21(20)28-24-14)15-7-3-2-4-8-15/h2-10,13H,11-12H2,1H3. The van der Waals surface area contributed by atoms with Crippen LogP contribution in [0.1, 0.15) is 16.1 Å². The maximum Gasteiger partial charge on any atom is 0.259 e. The Kier molecular flexibility index (Phi) is 3.83. The molecule has 0 N–H and O–H groups in total. The normalized spacial score (nSPS) is 13.2. The molecule has 0 aliphatic carbocycles. The number of carbonyl (C=O) groups excluding carboxylic acids is 1. The third-order valence-corrected chi connectivity index (χ3v) is 4.89. The summed E-state index contributed by atoms with van der Waals surface area (Å²) in [5, 5.41) is 4.68. The van der Waals surface area contributed by atoms with Crippen molar-refractivity contribution in [1.82, 2.24) is 10.1 Å². The number of benzene rings is 2. The van der Waals surface area contributed by atoms with Gasteiger partial charge in [-0.05, 0) is 25.1 Å².